The fourth-order valence-electron chi connectivity index (χ4n) is 1.65. The minimum atomic E-state index is 0.523. The zero-order chi connectivity index (χ0) is 13.1. The minimum absolute atomic E-state index is 0.523. The highest BCUT2D eigenvalue weighted by Crippen LogP contribution is 2.16. The molecule has 0 aliphatic rings. The molecule has 0 spiro atoms. The highest BCUT2D eigenvalue weighted by Gasteiger charge is 1.95. The molecule has 18 heavy (non-hydrogen) atoms. The van der Waals surface area contributed by atoms with Gasteiger partial charge in [0.25, 0.3) is 0 Å². The lowest BCUT2D eigenvalue weighted by Gasteiger charge is -2.08. The van der Waals surface area contributed by atoms with Crippen LogP contribution in [0.5, 0.6) is 5.75 Å². The van der Waals surface area contributed by atoms with Crippen LogP contribution in [-0.2, 0) is 0 Å². The second kappa shape index (κ2) is 9.35. The van der Waals surface area contributed by atoms with Gasteiger partial charge in [0.1, 0.15) is 5.75 Å². The molecule has 0 heterocycles. The lowest BCUT2D eigenvalue weighted by atomic mass is 10.2. The van der Waals surface area contributed by atoms with Gasteiger partial charge >= 0.3 is 0 Å². The summed E-state index contributed by atoms with van der Waals surface area (Å²) in [5.41, 5.74) is 1.03. The lowest BCUT2D eigenvalue weighted by molar-refractivity contribution is 0.305. The molecule has 0 atom stereocenters. The van der Waals surface area contributed by atoms with Gasteiger partial charge in [-0.1, -0.05) is 26.2 Å². The van der Waals surface area contributed by atoms with Crippen molar-refractivity contribution in [3.05, 3.63) is 24.3 Å². The van der Waals surface area contributed by atoms with Gasteiger partial charge in [-0.05, 0) is 30.7 Å². The van der Waals surface area contributed by atoms with E-state index < -0.39 is 0 Å². The van der Waals surface area contributed by atoms with Gasteiger partial charge in [0, 0.05) is 12.2 Å². The van der Waals surface area contributed by atoms with E-state index in [0.717, 1.165) is 24.5 Å². The largest absolute Gasteiger partial charge is 0.494 e. The number of unbranched alkanes of at least 4 members (excludes halogenated alkanes) is 3. The van der Waals surface area contributed by atoms with Crippen molar-refractivity contribution >= 4 is 5.69 Å². The number of nitrogens with zero attached hydrogens (tertiary/aromatic N) is 1. The monoisotopic (exact) mass is 246 g/mol. The molecule has 0 fully saturated rings. The molecule has 1 aromatic rings. The number of ether oxygens (including phenoxy) is 1. The first-order valence-corrected chi connectivity index (χ1v) is 6.70. The summed E-state index contributed by atoms with van der Waals surface area (Å²) in [5.74, 6) is 0.914. The Balaban J connectivity index is 2.21. The Hall–Kier alpha value is -1.69. The van der Waals surface area contributed by atoms with Gasteiger partial charge in [0.2, 0.25) is 0 Å². The van der Waals surface area contributed by atoms with Crippen LogP contribution in [0.15, 0.2) is 24.3 Å². The minimum Gasteiger partial charge on any atom is -0.494 e. The van der Waals surface area contributed by atoms with Crippen molar-refractivity contribution in [1.82, 2.24) is 0 Å². The summed E-state index contributed by atoms with van der Waals surface area (Å²) in [6.07, 6.45) is 5.42. The molecule has 1 rings (SSSR count). The Morgan fingerprint density at radius 1 is 1.17 bits per heavy atom. The molecule has 0 aliphatic carbocycles. The van der Waals surface area contributed by atoms with E-state index in [0.29, 0.717) is 13.0 Å². The Labute approximate surface area is 110 Å². The van der Waals surface area contributed by atoms with Crippen molar-refractivity contribution in [2.45, 2.75) is 39.0 Å². The van der Waals surface area contributed by atoms with Crippen molar-refractivity contribution in [2.75, 3.05) is 18.5 Å². The van der Waals surface area contributed by atoms with Crippen LogP contribution in [0.3, 0.4) is 0 Å². The number of rotatable bonds is 9. The molecule has 0 amide bonds. The molecule has 0 unspecified atom stereocenters. The van der Waals surface area contributed by atoms with Crippen molar-refractivity contribution in [3.8, 4) is 11.8 Å². The third-order valence-corrected chi connectivity index (χ3v) is 2.69. The number of hydrogen-bond acceptors (Lipinski definition) is 3. The van der Waals surface area contributed by atoms with Gasteiger partial charge in [0.05, 0.1) is 19.1 Å². The van der Waals surface area contributed by atoms with Gasteiger partial charge in [-0.15, -0.1) is 0 Å². The fourth-order valence-corrected chi connectivity index (χ4v) is 1.65. The van der Waals surface area contributed by atoms with Gasteiger partial charge in [-0.2, -0.15) is 5.26 Å². The summed E-state index contributed by atoms with van der Waals surface area (Å²) in [6.45, 7) is 3.69. The molecule has 0 radical (unpaired) electrons. The maximum absolute atomic E-state index is 8.44. The number of hydrogen-bond donors (Lipinski definition) is 1. The zero-order valence-corrected chi connectivity index (χ0v) is 11.1. The van der Waals surface area contributed by atoms with E-state index in [9.17, 15) is 0 Å². The van der Waals surface area contributed by atoms with Crippen LogP contribution in [0.4, 0.5) is 5.69 Å². The number of nitrogens with one attached hydrogen (secondary N) is 1. The maximum Gasteiger partial charge on any atom is 0.119 e. The van der Waals surface area contributed by atoms with E-state index in [1.807, 2.05) is 24.3 Å². The first-order chi connectivity index (χ1) is 8.86. The van der Waals surface area contributed by atoms with Crippen molar-refractivity contribution < 1.29 is 4.74 Å². The Bertz CT molecular complexity index is 354. The number of nitriles is 1. The SMILES string of the molecule is CCCCCCOc1ccc(NCCC#N)cc1. The molecule has 98 valence electrons. The summed E-state index contributed by atoms with van der Waals surface area (Å²) in [6, 6.07) is 10.0. The van der Waals surface area contributed by atoms with Crippen LogP contribution in [0.1, 0.15) is 39.0 Å². The van der Waals surface area contributed by atoms with Crippen molar-refractivity contribution in [1.29, 1.82) is 5.26 Å². The van der Waals surface area contributed by atoms with Crippen LogP contribution in [-0.4, -0.2) is 13.2 Å². The molecule has 0 bridgehead atoms. The van der Waals surface area contributed by atoms with Crippen LogP contribution in [0, 0.1) is 11.3 Å². The topological polar surface area (TPSA) is 45.0 Å². The molecule has 1 aromatic carbocycles. The predicted octanol–water partition coefficient (Wildman–Crippen LogP) is 3.97. The molecule has 0 aliphatic heterocycles. The normalized spacial score (nSPS) is 9.78. The average molecular weight is 246 g/mol. The maximum atomic E-state index is 8.44. The molecule has 0 aromatic heterocycles. The molecule has 3 heteroatoms. The summed E-state index contributed by atoms with van der Waals surface area (Å²) in [7, 11) is 0. The second-order valence-corrected chi connectivity index (χ2v) is 4.27. The van der Waals surface area contributed by atoms with E-state index in [4.69, 9.17) is 10.00 Å². The van der Waals surface area contributed by atoms with Crippen molar-refractivity contribution in [2.24, 2.45) is 0 Å². The average Bonchev–Trinajstić information content (AvgIpc) is 2.40. The molecule has 1 N–H and O–H groups in total. The van der Waals surface area contributed by atoms with Crippen molar-refractivity contribution in [3.63, 3.8) is 0 Å². The first-order valence-electron chi connectivity index (χ1n) is 6.70. The zero-order valence-electron chi connectivity index (χ0n) is 11.1. The van der Waals surface area contributed by atoms with Crippen LogP contribution < -0.4 is 10.1 Å². The predicted molar refractivity (Wildman–Crippen MR) is 74.8 cm³/mol. The summed E-state index contributed by atoms with van der Waals surface area (Å²) < 4.78 is 5.65. The molecular weight excluding hydrogens is 224 g/mol. The fraction of sp³-hybridized carbons (Fsp3) is 0.533. The molecule has 0 saturated carbocycles. The summed E-state index contributed by atoms with van der Waals surface area (Å²) in [5, 5.41) is 11.6. The lowest BCUT2D eigenvalue weighted by Crippen LogP contribution is -2.00. The van der Waals surface area contributed by atoms with Gasteiger partial charge in [0.15, 0.2) is 0 Å². The van der Waals surface area contributed by atoms with Crippen LogP contribution in [0.25, 0.3) is 0 Å². The Kier molecular flexibility index (Phi) is 7.47. The van der Waals surface area contributed by atoms with Gasteiger partial charge in [-0.3, -0.25) is 0 Å². The smallest absolute Gasteiger partial charge is 0.119 e. The molecule has 3 nitrogen and oxygen atoms in total. The third-order valence-electron chi connectivity index (χ3n) is 2.69. The van der Waals surface area contributed by atoms with E-state index in [2.05, 4.69) is 18.3 Å². The van der Waals surface area contributed by atoms with E-state index in [1.54, 1.807) is 0 Å². The van der Waals surface area contributed by atoms with Crippen LogP contribution in [0.2, 0.25) is 0 Å². The first kappa shape index (κ1) is 14.4. The van der Waals surface area contributed by atoms with Crippen LogP contribution >= 0.6 is 0 Å². The second-order valence-electron chi connectivity index (χ2n) is 4.27. The third kappa shape index (κ3) is 6.15. The summed E-state index contributed by atoms with van der Waals surface area (Å²) in [4.78, 5) is 0. The van der Waals surface area contributed by atoms with E-state index in [-0.39, 0.29) is 0 Å². The Morgan fingerprint density at radius 2 is 1.94 bits per heavy atom. The number of anilines is 1. The summed E-state index contributed by atoms with van der Waals surface area (Å²) >= 11 is 0. The number of benzene rings is 1. The Morgan fingerprint density at radius 3 is 2.61 bits per heavy atom. The molecule has 0 saturated heterocycles. The van der Waals surface area contributed by atoms with E-state index in [1.165, 1.54) is 19.3 Å². The van der Waals surface area contributed by atoms with Gasteiger partial charge in [-0.25, -0.2) is 0 Å². The molecular formula is C15H22N2O. The van der Waals surface area contributed by atoms with E-state index >= 15 is 0 Å². The highest BCUT2D eigenvalue weighted by atomic mass is 16.5. The standard InChI is InChI=1S/C15H22N2O/c1-2-3-4-5-13-18-15-9-7-14(8-10-15)17-12-6-11-16/h7-10,17H,2-6,12-13H2,1H3. The van der Waals surface area contributed by atoms with Gasteiger partial charge < -0.3 is 10.1 Å². The quantitative estimate of drug-likeness (QED) is 0.670. The highest BCUT2D eigenvalue weighted by molar-refractivity contribution is 5.46.